The molecule has 0 saturated heterocycles. The summed E-state index contributed by atoms with van der Waals surface area (Å²) in [5.74, 6) is 1.12. The number of carbonyl (C=O) groups excluding carboxylic acids is 1. The first-order valence-corrected chi connectivity index (χ1v) is 10.5. The highest BCUT2D eigenvalue weighted by molar-refractivity contribution is 7.15. The van der Waals surface area contributed by atoms with Crippen molar-refractivity contribution in [3.05, 3.63) is 89.8 Å². The zero-order valence-electron chi connectivity index (χ0n) is 16.6. The molecule has 5 aromatic rings. The zero-order chi connectivity index (χ0) is 21.2. The number of thiazole rings is 1. The summed E-state index contributed by atoms with van der Waals surface area (Å²) in [6.45, 7) is 0. The number of esters is 1. The van der Waals surface area contributed by atoms with E-state index in [1.807, 2.05) is 58.4 Å². The predicted molar refractivity (Wildman–Crippen MR) is 120 cm³/mol. The normalized spacial score (nSPS) is 10.9. The minimum atomic E-state index is -0.457. The molecule has 0 aliphatic heterocycles. The molecule has 0 atom stereocenters. The lowest BCUT2D eigenvalue weighted by Gasteiger charge is -2.08. The molecule has 2 heterocycles. The van der Waals surface area contributed by atoms with E-state index in [4.69, 9.17) is 14.6 Å². The van der Waals surface area contributed by atoms with E-state index in [1.54, 1.807) is 37.4 Å². The Kier molecular flexibility index (Phi) is 4.93. The molecule has 0 aliphatic carbocycles. The number of nitrogens with zero attached hydrogens (tertiary/aromatic N) is 3. The lowest BCUT2D eigenvalue weighted by Crippen LogP contribution is -2.09. The van der Waals surface area contributed by atoms with Crippen LogP contribution in [0.5, 0.6) is 11.5 Å². The fourth-order valence-corrected chi connectivity index (χ4v) is 4.06. The molecule has 0 aliphatic rings. The van der Waals surface area contributed by atoms with E-state index >= 15 is 0 Å². The molecule has 0 spiro atoms. The lowest BCUT2D eigenvalue weighted by molar-refractivity contribution is 0.0735. The molecule has 7 heteroatoms. The molecule has 5 rings (SSSR count). The Balaban J connectivity index is 1.48. The van der Waals surface area contributed by atoms with Crippen LogP contribution in [0.15, 0.2) is 84.2 Å². The summed E-state index contributed by atoms with van der Waals surface area (Å²) in [5.41, 5.74) is 3.11. The molecule has 0 unspecified atom stereocenters. The maximum atomic E-state index is 12.7. The van der Waals surface area contributed by atoms with E-state index in [2.05, 4.69) is 4.98 Å². The minimum absolute atomic E-state index is 0.405. The number of hydrogen-bond donors (Lipinski definition) is 0. The van der Waals surface area contributed by atoms with Crippen molar-refractivity contribution in [2.24, 2.45) is 0 Å². The Labute approximate surface area is 182 Å². The largest absolute Gasteiger partial charge is 0.497 e. The molecule has 6 nitrogen and oxygen atoms in total. The van der Waals surface area contributed by atoms with Gasteiger partial charge in [-0.3, -0.25) is 0 Å². The number of para-hydroxylation sites is 1. The summed E-state index contributed by atoms with van der Waals surface area (Å²) >= 11 is 1.51. The Morgan fingerprint density at radius 1 is 0.935 bits per heavy atom. The minimum Gasteiger partial charge on any atom is -0.497 e. The molecule has 0 bridgehead atoms. The summed E-state index contributed by atoms with van der Waals surface area (Å²) in [5, 5.41) is 6.72. The molecule has 0 radical (unpaired) electrons. The molecule has 0 saturated carbocycles. The van der Waals surface area contributed by atoms with Crippen LogP contribution in [0.4, 0.5) is 0 Å². The van der Waals surface area contributed by atoms with Gasteiger partial charge in [0.25, 0.3) is 0 Å². The van der Waals surface area contributed by atoms with Crippen molar-refractivity contribution in [1.82, 2.24) is 14.6 Å². The second kappa shape index (κ2) is 8.04. The third-order valence-corrected chi connectivity index (χ3v) is 5.62. The number of carbonyl (C=O) groups is 1. The molecule has 152 valence electrons. The second-order valence-electron chi connectivity index (χ2n) is 6.73. The Bertz CT molecular complexity index is 1360. The highest BCUT2D eigenvalue weighted by atomic mass is 32.1. The van der Waals surface area contributed by atoms with Gasteiger partial charge in [0.1, 0.15) is 11.5 Å². The van der Waals surface area contributed by atoms with Crippen LogP contribution in [-0.4, -0.2) is 27.7 Å². The van der Waals surface area contributed by atoms with E-state index in [0.29, 0.717) is 28.5 Å². The molecule has 2 aromatic heterocycles. The van der Waals surface area contributed by atoms with Gasteiger partial charge in [-0.05, 0) is 36.4 Å². The number of hydrogen-bond acceptors (Lipinski definition) is 6. The topological polar surface area (TPSA) is 65.7 Å². The van der Waals surface area contributed by atoms with Crippen LogP contribution in [0.25, 0.3) is 27.6 Å². The quantitative estimate of drug-likeness (QED) is 0.279. The molecular formula is C24H17N3O3S. The van der Waals surface area contributed by atoms with Gasteiger partial charge in [0.2, 0.25) is 4.96 Å². The van der Waals surface area contributed by atoms with E-state index < -0.39 is 5.97 Å². The Hall–Kier alpha value is -3.97. The van der Waals surface area contributed by atoms with Gasteiger partial charge in [0.15, 0.2) is 5.82 Å². The van der Waals surface area contributed by atoms with E-state index in [-0.39, 0.29) is 0 Å². The van der Waals surface area contributed by atoms with Gasteiger partial charge < -0.3 is 9.47 Å². The molecular weight excluding hydrogens is 410 g/mol. The summed E-state index contributed by atoms with van der Waals surface area (Å²) in [6.07, 6.45) is 0. The fourth-order valence-electron chi connectivity index (χ4n) is 3.23. The van der Waals surface area contributed by atoms with Crippen molar-refractivity contribution in [2.75, 3.05) is 7.11 Å². The highest BCUT2D eigenvalue weighted by Crippen LogP contribution is 2.31. The van der Waals surface area contributed by atoms with Gasteiger partial charge in [-0.25, -0.2) is 9.31 Å². The third kappa shape index (κ3) is 3.67. The smallest absolute Gasteiger partial charge is 0.343 e. The molecule has 31 heavy (non-hydrogen) atoms. The summed E-state index contributed by atoms with van der Waals surface area (Å²) < 4.78 is 12.6. The number of aromatic nitrogens is 3. The SMILES string of the molecule is COc1ccc(C(=O)Oc2ccccc2-c2nc3scc(-c4ccccc4)n3n2)cc1. The molecule has 0 amide bonds. The number of fused-ring (bicyclic) bond motifs is 1. The van der Waals surface area contributed by atoms with E-state index in [9.17, 15) is 4.79 Å². The van der Waals surface area contributed by atoms with Crippen LogP contribution in [0.3, 0.4) is 0 Å². The van der Waals surface area contributed by atoms with Gasteiger partial charge >= 0.3 is 5.97 Å². The van der Waals surface area contributed by atoms with Crippen molar-refractivity contribution >= 4 is 22.3 Å². The van der Waals surface area contributed by atoms with Crippen LogP contribution in [0.2, 0.25) is 0 Å². The van der Waals surface area contributed by atoms with Gasteiger partial charge in [0, 0.05) is 10.9 Å². The lowest BCUT2D eigenvalue weighted by atomic mass is 10.2. The average molecular weight is 427 g/mol. The number of methoxy groups -OCH3 is 1. The molecule has 3 aromatic carbocycles. The maximum Gasteiger partial charge on any atom is 0.343 e. The summed E-state index contributed by atoms with van der Waals surface area (Å²) in [7, 11) is 1.58. The fraction of sp³-hybridized carbons (Fsp3) is 0.0417. The zero-order valence-corrected chi connectivity index (χ0v) is 17.4. The van der Waals surface area contributed by atoms with Gasteiger partial charge in [-0.1, -0.05) is 42.5 Å². The van der Waals surface area contributed by atoms with Crippen molar-refractivity contribution < 1.29 is 14.3 Å². The van der Waals surface area contributed by atoms with Crippen LogP contribution < -0.4 is 9.47 Å². The Morgan fingerprint density at radius 2 is 1.68 bits per heavy atom. The van der Waals surface area contributed by atoms with Crippen LogP contribution in [-0.2, 0) is 0 Å². The summed E-state index contributed by atoms with van der Waals surface area (Å²) in [6, 6.07) is 24.1. The average Bonchev–Trinajstić information content (AvgIpc) is 3.41. The predicted octanol–water partition coefficient (Wildman–Crippen LogP) is 5.35. The van der Waals surface area contributed by atoms with E-state index in [0.717, 1.165) is 16.2 Å². The van der Waals surface area contributed by atoms with E-state index in [1.165, 1.54) is 11.3 Å². The van der Waals surface area contributed by atoms with Crippen LogP contribution >= 0.6 is 11.3 Å². The number of rotatable bonds is 5. The van der Waals surface area contributed by atoms with Crippen molar-refractivity contribution in [3.63, 3.8) is 0 Å². The summed E-state index contributed by atoms with van der Waals surface area (Å²) in [4.78, 5) is 18.1. The van der Waals surface area contributed by atoms with Crippen molar-refractivity contribution in [2.45, 2.75) is 0 Å². The maximum absolute atomic E-state index is 12.7. The van der Waals surface area contributed by atoms with Crippen molar-refractivity contribution in [1.29, 1.82) is 0 Å². The van der Waals surface area contributed by atoms with Gasteiger partial charge in [0.05, 0.1) is 23.9 Å². The molecule has 0 N–H and O–H groups in total. The first kappa shape index (κ1) is 19.0. The first-order valence-electron chi connectivity index (χ1n) is 9.58. The Morgan fingerprint density at radius 3 is 2.45 bits per heavy atom. The monoisotopic (exact) mass is 427 g/mol. The standard InChI is InChI=1S/C24H17N3O3S/c1-29-18-13-11-17(12-14-18)23(28)30-21-10-6-5-9-19(21)22-25-24-27(26-22)20(15-31-24)16-7-3-2-4-8-16/h2-15H,1H3. The van der Waals surface area contributed by atoms with Crippen LogP contribution in [0.1, 0.15) is 10.4 Å². The third-order valence-electron chi connectivity index (χ3n) is 4.81. The van der Waals surface area contributed by atoms with Gasteiger partial charge in [-0.15, -0.1) is 16.4 Å². The van der Waals surface area contributed by atoms with Crippen LogP contribution in [0, 0.1) is 0 Å². The highest BCUT2D eigenvalue weighted by Gasteiger charge is 2.18. The number of benzene rings is 3. The van der Waals surface area contributed by atoms with Gasteiger partial charge in [-0.2, -0.15) is 4.98 Å². The second-order valence-corrected chi connectivity index (χ2v) is 7.57. The molecule has 0 fully saturated rings. The first-order chi connectivity index (χ1) is 15.2. The number of ether oxygens (including phenoxy) is 2. The van der Waals surface area contributed by atoms with Crippen molar-refractivity contribution in [3.8, 4) is 34.1 Å².